The average Bonchev–Trinajstić information content (AvgIpc) is 3.19. The van der Waals surface area contributed by atoms with Crippen molar-refractivity contribution >= 4 is 55.6 Å². The number of hydrogen-bond acceptors (Lipinski definition) is 8. The van der Waals surface area contributed by atoms with Crippen LogP contribution in [0.2, 0.25) is 0 Å². The van der Waals surface area contributed by atoms with E-state index in [1.807, 2.05) is 90.3 Å². The van der Waals surface area contributed by atoms with Crippen molar-refractivity contribution in [2.45, 2.75) is 5.75 Å². The van der Waals surface area contributed by atoms with Crippen molar-refractivity contribution in [2.24, 2.45) is 7.05 Å². The van der Waals surface area contributed by atoms with E-state index in [-0.39, 0.29) is 5.75 Å². The van der Waals surface area contributed by atoms with E-state index >= 15 is 0 Å². The van der Waals surface area contributed by atoms with Crippen LogP contribution in [-0.2, 0) is 22.6 Å². The topological polar surface area (TPSA) is 105 Å². The molecule has 5 aromatic rings. The van der Waals surface area contributed by atoms with Gasteiger partial charge in [-0.1, -0.05) is 30.3 Å². The van der Waals surface area contributed by atoms with Gasteiger partial charge in [-0.3, -0.25) is 0 Å². The van der Waals surface area contributed by atoms with E-state index in [2.05, 4.69) is 20.6 Å². The lowest BCUT2D eigenvalue weighted by molar-refractivity contribution is 0.601. The molecule has 188 valence electrons. The molecule has 0 atom stereocenters. The van der Waals surface area contributed by atoms with Gasteiger partial charge in [0.05, 0.1) is 16.8 Å². The zero-order chi connectivity index (χ0) is 26.0. The summed E-state index contributed by atoms with van der Waals surface area (Å²) in [6.07, 6.45) is 2.92. The molecule has 0 amide bonds. The van der Waals surface area contributed by atoms with E-state index in [1.165, 1.54) is 6.26 Å². The van der Waals surface area contributed by atoms with Gasteiger partial charge in [0.25, 0.3) is 0 Å². The number of benzene rings is 3. The number of rotatable bonds is 8. The van der Waals surface area contributed by atoms with Crippen molar-refractivity contribution in [2.75, 3.05) is 28.8 Å². The van der Waals surface area contributed by atoms with Crippen molar-refractivity contribution in [1.29, 1.82) is 0 Å². The first-order valence-electron chi connectivity index (χ1n) is 11.6. The van der Waals surface area contributed by atoms with Gasteiger partial charge in [0, 0.05) is 43.6 Å². The zero-order valence-electron chi connectivity index (χ0n) is 20.8. The van der Waals surface area contributed by atoms with Crippen LogP contribution in [0.4, 0.5) is 34.8 Å². The Labute approximate surface area is 215 Å². The standard InChI is InChI=1S/C27H27N7O2S/c1-33(22-13-14-24-23(17-22)31-27(34(24)2)30-20-7-5-4-6-8-20)25-15-16-28-26(32-25)29-21-11-9-19(10-12-21)18-37(3,35)36/h4-17H,18H2,1-3H3,(H,30,31)(H,28,29,32). The van der Waals surface area contributed by atoms with Gasteiger partial charge in [0.2, 0.25) is 11.9 Å². The van der Waals surface area contributed by atoms with Gasteiger partial charge in [-0.2, -0.15) is 4.98 Å². The van der Waals surface area contributed by atoms with Gasteiger partial charge in [-0.25, -0.2) is 18.4 Å². The molecular weight excluding hydrogens is 486 g/mol. The van der Waals surface area contributed by atoms with Crippen LogP contribution in [-0.4, -0.2) is 41.2 Å². The van der Waals surface area contributed by atoms with Crippen molar-refractivity contribution in [3.05, 3.63) is 90.6 Å². The highest BCUT2D eigenvalue weighted by atomic mass is 32.2. The van der Waals surface area contributed by atoms with Gasteiger partial charge < -0.3 is 20.1 Å². The van der Waals surface area contributed by atoms with Crippen LogP contribution in [0.5, 0.6) is 0 Å². The Morgan fingerprint density at radius 1 is 0.892 bits per heavy atom. The van der Waals surface area contributed by atoms with E-state index in [4.69, 9.17) is 4.98 Å². The smallest absolute Gasteiger partial charge is 0.229 e. The van der Waals surface area contributed by atoms with Gasteiger partial charge in [0.15, 0.2) is 9.84 Å². The molecule has 2 N–H and O–H groups in total. The van der Waals surface area contributed by atoms with E-state index < -0.39 is 9.84 Å². The Bertz CT molecular complexity index is 1650. The molecule has 2 aromatic heterocycles. The Kier molecular flexibility index (Phi) is 6.49. The van der Waals surface area contributed by atoms with Crippen LogP contribution in [0.3, 0.4) is 0 Å². The van der Waals surface area contributed by atoms with Crippen molar-refractivity contribution < 1.29 is 8.42 Å². The number of anilines is 6. The molecule has 0 aliphatic heterocycles. The van der Waals surface area contributed by atoms with Gasteiger partial charge in [-0.15, -0.1) is 0 Å². The highest BCUT2D eigenvalue weighted by molar-refractivity contribution is 7.89. The molecule has 0 aliphatic rings. The maximum atomic E-state index is 11.5. The third-order valence-corrected chi connectivity index (χ3v) is 6.76. The second kappa shape index (κ2) is 9.90. The molecule has 0 spiro atoms. The molecule has 9 nitrogen and oxygen atoms in total. The quantitative estimate of drug-likeness (QED) is 0.293. The summed E-state index contributed by atoms with van der Waals surface area (Å²) < 4.78 is 25.0. The molecule has 10 heteroatoms. The minimum atomic E-state index is -3.08. The predicted molar refractivity (Wildman–Crippen MR) is 149 cm³/mol. The number of nitrogens with zero attached hydrogens (tertiary/aromatic N) is 5. The monoisotopic (exact) mass is 513 g/mol. The minimum Gasteiger partial charge on any atom is -0.329 e. The maximum absolute atomic E-state index is 11.5. The number of aryl methyl sites for hydroxylation is 1. The number of sulfone groups is 1. The summed E-state index contributed by atoms with van der Waals surface area (Å²) in [5.74, 6) is 1.92. The van der Waals surface area contributed by atoms with Crippen molar-refractivity contribution in [3.8, 4) is 0 Å². The third-order valence-electron chi connectivity index (χ3n) is 5.91. The number of para-hydroxylation sites is 1. The van der Waals surface area contributed by atoms with E-state index in [9.17, 15) is 8.42 Å². The Morgan fingerprint density at radius 3 is 2.35 bits per heavy atom. The molecule has 0 saturated heterocycles. The molecule has 5 rings (SSSR count). The third kappa shape index (κ3) is 5.70. The van der Waals surface area contributed by atoms with E-state index in [0.29, 0.717) is 11.8 Å². The normalized spacial score (nSPS) is 11.4. The lowest BCUT2D eigenvalue weighted by atomic mass is 10.2. The van der Waals surface area contributed by atoms with Crippen LogP contribution >= 0.6 is 0 Å². The van der Waals surface area contributed by atoms with Crippen LogP contribution in [0.25, 0.3) is 11.0 Å². The van der Waals surface area contributed by atoms with Crippen molar-refractivity contribution in [3.63, 3.8) is 0 Å². The maximum Gasteiger partial charge on any atom is 0.229 e. The Hall–Kier alpha value is -4.44. The summed E-state index contributed by atoms with van der Waals surface area (Å²) >= 11 is 0. The molecule has 2 heterocycles. The average molecular weight is 514 g/mol. The minimum absolute atomic E-state index is 0.00842. The SMILES string of the molecule is CN(c1ccc2c(c1)nc(Nc1ccccc1)n2C)c1ccnc(Nc2ccc(CS(C)(=O)=O)cc2)n1. The van der Waals surface area contributed by atoms with Crippen molar-refractivity contribution in [1.82, 2.24) is 19.5 Å². The van der Waals surface area contributed by atoms with Crippen LogP contribution in [0.1, 0.15) is 5.56 Å². The molecule has 0 bridgehead atoms. The Balaban J connectivity index is 1.34. The van der Waals surface area contributed by atoms with Gasteiger partial charge >= 0.3 is 0 Å². The first-order valence-corrected chi connectivity index (χ1v) is 13.7. The molecule has 0 saturated carbocycles. The lowest BCUT2D eigenvalue weighted by Gasteiger charge is -2.19. The van der Waals surface area contributed by atoms with E-state index in [0.717, 1.165) is 39.6 Å². The fraction of sp³-hybridized carbons (Fsp3) is 0.148. The molecule has 0 aliphatic carbocycles. The summed E-state index contributed by atoms with van der Waals surface area (Å²) in [5, 5.41) is 6.55. The largest absolute Gasteiger partial charge is 0.329 e. The highest BCUT2D eigenvalue weighted by Crippen LogP contribution is 2.29. The molecule has 0 fully saturated rings. The molecule has 0 radical (unpaired) electrons. The summed E-state index contributed by atoms with van der Waals surface area (Å²) in [7, 11) is 0.850. The van der Waals surface area contributed by atoms with Gasteiger partial charge in [-0.05, 0) is 54.1 Å². The lowest BCUT2D eigenvalue weighted by Crippen LogP contribution is -2.12. The van der Waals surface area contributed by atoms with Gasteiger partial charge in [0.1, 0.15) is 5.82 Å². The molecule has 3 aromatic carbocycles. The zero-order valence-corrected chi connectivity index (χ0v) is 21.6. The fourth-order valence-corrected chi connectivity index (χ4v) is 4.80. The number of hydrogen-bond donors (Lipinski definition) is 2. The highest BCUT2D eigenvalue weighted by Gasteiger charge is 2.13. The van der Waals surface area contributed by atoms with Crippen LogP contribution in [0.15, 0.2) is 85.1 Å². The van der Waals surface area contributed by atoms with E-state index in [1.54, 1.807) is 18.3 Å². The summed E-state index contributed by atoms with van der Waals surface area (Å²) in [4.78, 5) is 15.7. The number of imidazole rings is 1. The predicted octanol–water partition coefficient (Wildman–Crippen LogP) is 5.16. The first-order chi connectivity index (χ1) is 17.7. The molecule has 0 unspecified atom stereocenters. The number of nitrogens with one attached hydrogen (secondary N) is 2. The summed E-state index contributed by atoms with van der Waals surface area (Å²) in [6, 6.07) is 25.1. The van der Waals surface area contributed by atoms with Crippen LogP contribution in [0, 0.1) is 0 Å². The number of fused-ring (bicyclic) bond motifs is 1. The Morgan fingerprint density at radius 2 is 1.62 bits per heavy atom. The summed E-state index contributed by atoms with van der Waals surface area (Å²) in [5.41, 5.74) is 5.29. The molecule has 37 heavy (non-hydrogen) atoms. The second-order valence-corrected chi connectivity index (χ2v) is 11.0. The number of aromatic nitrogens is 4. The second-order valence-electron chi connectivity index (χ2n) is 8.85. The first kappa shape index (κ1) is 24.3. The summed E-state index contributed by atoms with van der Waals surface area (Å²) in [6.45, 7) is 0. The fourth-order valence-electron chi connectivity index (χ4n) is 4.00. The van der Waals surface area contributed by atoms with Crippen LogP contribution < -0.4 is 15.5 Å². The molecular formula is C27H27N7O2S.